The molecule has 1 saturated carbocycles. The average molecular weight is 264 g/mol. The molecule has 5 heteroatoms. The summed E-state index contributed by atoms with van der Waals surface area (Å²) >= 11 is 0. The van der Waals surface area contributed by atoms with Crippen LogP contribution in [0.3, 0.4) is 0 Å². The smallest absolute Gasteiger partial charge is 0.240 e. The van der Waals surface area contributed by atoms with Gasteiger partial charge in [0.05, 0.1) is 6.54 Å². The van der Waals surface area contributed by atoms with Gasteiger partial charge in [-0.25, -0.2) is 0 Å². The summed E-state index contributed by atoms with van der Waals surface area (Å²) in [7, 11) is 0. The van der Waals surface area contributed by atoms with E-state index in [1.54, 1.807) is 0 Å². The molecule has 2 aliphatic rings. The minimum absolute atomic E-state index is 0.265. The molecule has 0 aromatic carbocycles. The lowest BCUT2D eigenvalue weighted by Gasteiger charge is -2.46. The topological polar surface area (TPSA) is 54.2 Å². The lowest BCUT2D eigenvalue weighted by atomic mass is 9.90. The highest BCUT2D eigenvalue weighted by Gasteiger charge is 2.45. The summed E-state index contributed by atoms with van der Waals surface area (Å²) < 4.78 is 5.28. The van der Waals surface area contributed by atoms with Gasteiger partial charge in [0.1, 0.15) is 0 Å². The number of nitrogens with zero attached hydrogens (tertiary/aromatic N) is 3. The van der Waals surface area contributed by atoms with Gasteiger partial charge < -0.3 is 9.84 Å². The molecule has 2 fully saturated rings. The lowest BCUT2D eigenvalue weighted by molar-refractivity contribution is 0.0579. The maximum absolute atomic E-state index is 5.28. The summed E-state index contributed by atoms with van der Waals surface area (Å²) in [5.74, 6) is 2.32. The van der Waals surface area contributed by atoms with E-state index in [1.807, 2.05) is 6.92 Å². The Kier molecular flexibility index (Phi) is 3.35. The largest absolute Gasteiger partial charge is 0.338 e. The molecule has 19 heavy (non-hydrogen) atoms. The summed E-state index contributed by atoms with van der Waals surface area (Å²) in [4.78, 5) is 6.86. The van der Waals surface area contributed by atoms with Crippen molar-refractivity contribution in [3.05, 3.63) is 11.7 Å². The van der Waals surface area contributed by atoms with Crippen LogP contribution in [-0.2, 0) is 6.54 Å². The minimum Gasteiger partial charge on any atom is -0.338 e. The van der Waals surface area contributed by atoms with Crippen LogP contribution in [0, 0.1) is 12.8 Å². The van der Waals surface area contributed by atoms with Crippen LogP contribution in [0.25, 0.3) is 0 Å². The summed E-state index contributed by atoms with van der Waals surface area (Å²) in [5, 5.41) is 7.66. The molecule has 1 aliphatic heterocycles. The monoisotopic (exact) mass is 264 g/mol. The van der Waals surface area contributed by atoms with Crippen molar-refractivity contribution in [2.45, 2.75) is 58.2 Å². The van der Waals surface area contributed by atoms with E-state index in [9.17, 15) is 0 Å². The lowest BCUT2D eigenvalue weighted by Crippen LogP contribution is -2.63. The van der Waals surface area contributed by atoms with Gasteiger partial charge in [-0.2, -0.15) is 4.98 Å². The number of nitrogens with one attached hydrogen (secondary N) is 1. The highest BCUT2D eigenvalue weighted by Crippen LogP contribution is 2.41. The third-order valence-corrected chi connectivity index (χ3v) is 4.65. The van der Waals surface area contributed by atoms with Crippen molar-refractivity contribution in [1.82, 2.24) is 20.4 Å². The Hall–Kier alpha value is -0.940. The first-order valence-electron chi connectivity index (χ1n) is 7.39. The predicted octanol–water partition coefficient (Wildman–Crippen LogP) is 1.73. The average Bonchev–Trinajstić information content (AvgIpc) is 3.16. The van der Waals surface area contributed by atoms with Crippen LogP contribution in [-0.4, -0.2) is 39.7 Å². The standard InChI is InChI=1S/C14H24N4O/c1-4-12-7-15-14(3,11-5-6-11)9-18(12)8-13-16-10(2)17-19-13/h11-12,15H,4-9H2,1-3H3. The molecule has 1 aromatic rings. The van der Waals surface area contributed by atoms with Crippen molar-refractivity contribution < 1.29 is 4.52 Å². The fourth-order valence-electron chi connectivity index (χ4n) is 3.25. The van der Waals surface area contributed by atoms with Crippen molar-refractivity contribution >= 4 is 0 Å². The number of rotatable bonds is 4. The van der Waals surface area contributed by atoms with E-state index in [0.29, 0.717) is 6.04 Å². The third-order valence-electron chi connectivity index (χ3n) is 4.65. The Morgan fingerprint density at radius 3 is 2.84 bits per heavy atom. The fraction of sp³-hybridized carbons (Fsp3) is 0.857. The van der Waals surface area contributed by atoms with Crippen molar-refractivity contribution in [3.8, 4) is 0 Å². The van der Waals surface area contributed by atoms with Crippen molar-refractivity contribution in [3.63, 3.8) is 0 Å². The van der Waals surface area contributed by atoms with Gasteiger partial charge in [-0.1, -0.05) is 12.1 Å². The van der Waals surface area contributed by atoms with Gasteiger partial charge in [0.15, 0.2) is 5.82 Å². The molecule has 1 aliphatic carbocycles. The van der Waals surface area contributed by atoms with Crippen LogP contribution in [0.5, 0.6) is 0 Å². The Bertz CT molecular complexity index is 442. The summed E-state index contributed by atoms with van der Waals surface area (Å²) in [5.41, 5.74) is 0.265. The molecule has 0 radical (unpaired) electrons. The SMILES string of the molecule is CCC1CNC(C)(C2CC2)CN1Cc1nc(C)no1. The highest BCUT2D eigenvalue weighted by molar-refractivity contribution is 5.04. The van der Waals surface area contributed by atoms with Crippen molar-refractivity contribution in [1.29, 1.82) is 0 Å². The van der Waals surface area contributed by atoms with E-state index in [4.69, 9.17) is 4.52 Å². The zero-order valence-electron chi connectivity index (χ0n) is 12.1. The van der Waals surface area contributed by atoms with Crippen LogP contribution >= 0.6 is 0 Å². The molecule has 5 nitrogen and oxygen atoms in total. The molecule has 3 rings (SSSR count). The van der Waals surface area contributed by atoms with Gasteiger partial charge in [0, 0.05) is 24.7 Å². The molecule has 106 valence electrons. The summed E-state index contributed by atoms with van der Waals surface area (Å²) in [6.07, 6.45) is 3.89. The fourth-order valence-corrected chi connectivity index (χ4v) is 3.25. The quantitative estimate of drug-likeness (QED) is 0.897. The zero-order valence-corrected chi connectivity index (χ0v) is 12.1. The first-order valence-corrected chi connectivity index (χ1v) is 7.39. The van der Waals surface area contributed by atoms with Crippen LogP contribution in [0.2, 0.25) is 0 Å². The van der Waals surface area contributed by atoms with Crippen molar-refractivity contribution in [2.24, 2.45) is 5.92 Å². The molecule has 2 atom stereocenters. The van der Waals surface area contributed by atoms with E-state index >= 15 is 0 Å². The number of hydrogen-bond acceptors (Lipinski definition) is 5. The van der Waals surface area contributed by atoms with E-state index in [2.05, 4.69) is 34.2 Å². The first kappa shape index (κ1) is 13.1. The zero-order chi connectivity index (χ0) is 13.5. The first-order chi connectivity index (χ1) is 9.10. The van der Waals surface area contributed by atoms with Crippen LogP contribution in [0.4, 0.5) is 0 Å². The molecule has 1 aromatic heterocycles. The number of aromatic nitrogens is 2. The van der Waals surface area contributed by atoms with Crippen LogP contribution < -0.4 is 5.32 Å². The van der Waals surface area contributed by atoms with Crippen LogP contribution in [0.15, 0.2) is 4.52 Å². The molecular weight excluding hydrogens is 240 g/mol. The summed E-state index contributed by atoms with van der Waals surface area (Å²) in [6.45, 7) is 9.41. The Labute approximate surface area is 114 Å². The summed E-state index contributed by atoms with van der Waals surface area (Å²) in [6, 6.07) is 0.569. The molecule has 0 bridgehead atoms. The predicted molar refractivity (Wildman–Crippen MR) is 72.7 cm³/mol. The number of piperazine rings is 1. The third kappa shape index (κ3) is 2.67. The van der Waals surface area contributed by atoms with Gasteiger partial charge in [0.2, 0.25) is 5.89 Å². The Morgan fingerprint density at radius 2 is 2.26 bits per heavy atom. The van der Waals surface area contributed by atoms with Crippen molar-refractivity contribution in [2.75, 3.05) is 13.1 Å². The second-order valence-corrected chi connectivity index (χ2v) is 6.28. The van der Waals surface area contributed by atoms with E-state index in [1.165, 1.54) is 12.8 Å². The molecule has 1 N–H and O–H groups in total. The maximum Gasteiger partial charge on any atom is 0.240 e. The van der Waals surface area contributed by atoms with Gasteiger partial charge in [-0.05, 0) is 39.0 Å². The highest BCUT2D eigenvalue weighted by atomic mass is 16.5. The molecule has 0 spiro atoms. The number of aryl methyl sites for hydroxylation is 1. The van der Waals surface area contributed by atoms with Gasteiger partial charge >= 0.3 is 0 Å². The second-order valence-electron chi connectivity index (χ2n) is 6.28. The normalized spacial score (nSPS) is 32.7. The van der Waals surface area contributed by atoms with E-state index in [-0.39, 0.29) is 5.54 Å². The maximum atomic E-state index is 5.28. The van der Waals surface area contributed by atoms with Gasteiger partial charge in [-0.3, -0.25) is 4.90 Å². The second kappa shape index (κ2) is 4.87. The van der Waals surface area contributed by atoms with Crippen LogP contribution in [0.1, 0.15) is 44.8 Å². The van der Waals surface area contributed by atoms with Gasteiger partial charge in [0.25, 0.3) is 0 Å². The molecule has 0 amide bonds. The van der Waals surface area contributed by atoms with E-state index < -0.39 is 0 Å². The van der Waals surface area contributed by atoms with E-state index in [0.717, 1.165) is 43.7 Å². The van der Waals surface area contributed by atoms with Gasteiger partial charge in [-0.15, -0.1) is 0 Å². The molecule has 1 saturated heterocycles. The molecule has 2 unspecified atom stereocenters. The molecular formula is C14H24N4O. The Morgan fingerprint density at radius 1 is 1.47 bits per heavy atom. The number of hydrogen-bond donors (Lipinski definition) is 1. The molecule has 2 heterocycles. The Balaban J connectivity index is 1.71. The minimum atomic E-state index is 0.265.